The summed E-state index contributed by atoms with van der Waals surface area (Å²) in [7, 11) is 0. The zero-order valence-electron chi connectivity index (χ0n) is 7.30. The SMILES string of the molecule is Cc1csc([C@@](C)(N)C(=O)O)c1Cl. The van der Waals surface area contributed by atoms with Crippen molar-refractivity contribution >= 4 is 28.9 Å². The Labute approximate surface area is 85.1 Å². The second-order valence-corrected chi connectivity index (χ2v) is 4.33. The van der Waals surface area contributed by atoms with Crippen molar-refractivity contribution in [1.29, 1.82) is 0 Å². The minimum absolute atomic E-state index is 0.456. The highest BCUT2D eigenvalue weighted by molar-refractivity contribution is 7.11. The highest BCUT2D eigenvalue weighted by Gasteiger charge is 2.34. The lowest BCUT2D eigenvalue weighted by Crippen LogP contribution is -2.41. The van der Waals surface area contributed by atoms with Gasteiger partial charge in [-0.2, -0.15) is 0 Å². The van der Waals surface area contributed by atoms with E-state index in [0.29, 0.717) is 9.90 Å². The molecule has 0 bridgehead atoms. The van der Waals surface area contributed by atoms with Crippen molar-refractivity contribution in [1.82, 2.24) is 0 Å². The number of hydrogen-bond acceptors (Lipinski definition) is 3. The van der Waals surface area contributed by atoms with Crippen LogP contribution in [-0.4, -0.2) is 11.1 Å². The second kappa shape index (κ2) is 3.29. The van der Waals surface area contributed by atoms with E-state index in [1.54, 1.807) is 5.38 Å². The molecule has 1 heterocycles. The van der Waals surface area contributed by atoms with Crippen LogP contribution in [0.3, 0.4) is 0 Å². The molecule has 0 aromatic carbocycles. The fraction of sp³-hybridized carbons (Fsp3) is 0.375. The number of rotatable bonds is 2. The van der Waals surface area contributed by atoms with Crippen LogP contribution in [0.2, 0.25) is 5.02 Å². The van der Waals surface area contributed by atoms with Crippen molar-refractivity contribution < 1.29 is 9.90 Å². The number of carboxylic acid groups (broad SMARTS) is 1. The maximum atomic E-state index is 10.8. The van der Waals surface area contributed by atoms with Crippen LogP contribution >= 0.6 is 22.9 Å². The topological polar surface area (TPSA) is 63.3 Å². The average molecular weight is 220 g/mol. The molecule has 0 aliphatic heterocycles. The van der Waals surface area contributed by atoms with Gasteiger partial charge in [-0.3, -0.25) is 0 Å². The maximum absolute atomic E-state index is 10.8. The van der Waals surface area contributed by atoms with E-state index in [0.717, 1.165) is 5.56 Å². The Hall–Kier alpha value is -0.580. The van der Waals surface area contributed by atoms with Gasteiger partial charge in [-0.1, -0.05) is 11.6 Å². The molecule has 1 aromatic rings. The zero-order chi connectivity index (χ0) is 10.2. The van der Waals surface area contributed by atoms with E-state index in [1.807, 2.05) is 6.92 Å². The predicted octanol–water partition coefficient (Wildman–Crippen LogP) is 1.97. The smallest absolute Gasteiger partial charge is 0.328 e. The van der Waals surface area contributed by atoms with Crippen LogP contribution in [0.25, 0.3) is 0 Å². The number of aliphatic carboxylic acids is 1. The first-order valence-electron chi connectivity index (χ1n) is 3.63. The molecule has 13 heavy (non-hydrogen) atoms. The van der Waals surface area contributed by atoms with Crippen LogP contribution in [0.4, 0.5) is 0 Å². The number of carboxylic acids is 1. The molecular formula is C8H10ClNO2S. The van der Waals surface area contributed by atoms with Gasteiger partial charge in [0, 0.05) is 0 Å². The van der Waals surface area contributed by atoms with E-state index in [9.17, 15) is 4.79 Å². The minimum Gasteiger partial charge on any atom is -0.480 e. The molecule has 0 saturated heterocycles. The first-order valence-corrected chi connectivity index (χ1v) is 4.89. The molecule has 0 spiro atoms. The van der Waals surface area contributed by atoms with E-state index in [1.165, 1.54) is 18.3 Å². The summed E-state index contributed by atoms with van der Waals surface area (Å²) in [5.41, 5.74) is 5.09. The molecule has 72 valence electrons. The number of aryl methyl sites for hydroxylation is 1. The Morgan fingerprint density at radius 3 is 2.62 bits per heavy atom. The van der Waals surface area contributed by atoms with Crippen LogP contribution in [-0.2, 0) is 10.3 Å². The lowest BCUT2D eigenvalue weighted by atomic mass is 10.0. The minimum atomic E-state index is -1.39. The lowest BCUT2D eigenvalue weighted by Gasteiger charge is -2.17. The molecular weight excluding hydrogens is 210 g/mol. The molecule has 0 saturated carbocycles. The van der Waals surface area contributed by atoms with E-state index < -0.39 is 11.5 Å². The van der Waals surface area contributed by atoms with Gasteiger partial charge >= 0.3 is 5.97 Å². The van der Waals surface area contributed by atoms with Gasteiger partial charge in [0.05, 0.1) is 9.90 Å². The molecule has 1 aromatic heterocycles. The fourth-order valence-electron chi connectivity index (χ4n) is 0.877. The van der Waals surface area contributed by atoms with Crippen molar-refractivity contribution in [3.8, 4) is 0 Å². The predicted molar refractivity (Wildman–Crippen MR) is 53.2 cm³/mol. The van der Waals surface area contributed by atoms with E-state index in [4.69, 9.17) is 22.4 Å². The van der Waals surface area contributed by atoms with Crippen molar-refractivity contribution in [2.75, 3.05) is 0 Å². The van der Waals surface area contributed by atoms with Crippen molar-refractivity contribution in [3.05, 3.63) is 20.8 Å². The molecule has 0 unspecified atom stereocenters. The summed E-state index contributed by atoms with van der Waals surface area (Å²) in [5, 5.41) is 11.1. The van der Waals surface area contributed by atoms with Gasteiger partial charge in [-0.05, 0) is 24.8 Å². The summed E-state index contributed by atoms with van der Waals surface area (Å²) in [6.07, 6.45) is 0. The summed E-state index contributed by atoms with van der Waals surface area (Å²) >= 11 is 7.18. The lowest BCUT2D eigenvalue weighted by molar-refractivity contribution is -0.142. The third kappa shape index (κ3) is 1.70. The summed E-state index contributed by atoms with van der Waals surface area (Å²) in [4.78, 5) is 11.3. The molecule has 0 aliphatic rings. The molecule has 5 heteroatoms. The van der Waals surface area contributed by atoms with Crippen LogP contribution in [0.1, 0.15) is 17.4 Å². The normalized spacial score (nSPS) is 15.4. The second-order valence-electron chi connectivity index (χ2n) is 3.07. The molecule has 0 aliphatic carbocycles. The highest BCUT2D eigenvalue weighted by atomic mass is 35.5. The van der Waals surface area contributed by atoms with Gasteiger partial charge in [-0.25, -0.2) is 4.79 Å². The number of hydrogen-bond donors (Lipinski definition) is 2. The summed E-state index contributed by atoms with van der Waals surface area (Å²) in [5.74, 6) is -1.07. The van der Waals surface area contributed by atoms with Crippen LogP contribution in [0.15, 0.2) is 5.38 Å². The Morgan fingerprint density at radius 2 is 2.31 bits per heavy atom. The highest BCUT2D eigenvalue weighted by Crippen LogP contribution is 2.34. The van der Waals surface area contributed by atoms with E-state index in [-0.39, 0.29) is 0 Å². The molecule has 0 amide bonds. The van der Waals surface area contributed by atoms with Gasteiger partial charge in [0.2, 0.25) is 0 Å². The molecule has 3 nitrogen and oxygen atoms in total. The summed E-state index contributed by atoms with van der Waals surface area (Å²) in [6, 6.07) is 0. The average Bonchev–Trinajstić information content (AvgIpc) is 2.33. The van der Waals surface area contributed by atoms with Crippen LogP contribution < -0.4 is 5.73 Å². The molecule has 1 rings (SSSR count). The Balaban J connectivity index is 3.22. The van der Waals surface area contributed by atoms with Gasteiger partial charge < -0.3 is 10.8 Å². The first kappa shape index (κ1) is 10.5. The zero-order valence-corrected chi connectivity index (χ0v) is 8.87. The molecule has 1 atom stereocenters. The monoisotopic (exact) mass is 219 g/mol. The molecule has 0 radical (unpaired) electrons. The summed E-state index contributed by atoms with van der Waals surface area (Å²) < 4.78 is 0. The van der Waals surface area contributed by atoms with Crippen molar-refractivity contribution in [2.45, 2.75) is 19.4 Å². The standard InChI is InChI=1S/C8H10ClNO2S/c1-4-3-13-6(5(4)9)8(2,10)7(11)12/h3H,10H2,1-2H3,(H,11,12)/t8-/m1/s1. The first-order chi connectivity index (χ1) is 5.87. The molecule has 0 fully saturated rings. The fourth-order valence-corrected chi connectivity index (χ4v) is 2.34. The molecule has 3 N–H and O–H groups in total. The van der Waals surface area contributed by atoms with Crippen LogP contribution in [0, 0.1) is 6.92 Å². The third-order valence-electron chi connectivity index (χ3n) is 1.82. The van der Waals surface area contributed by atoms with Gasteiger partial charge in [0.25, 0.3) is 0 Å². The largest absolute Gasteiger partial charge is 0.480 e. The quantitative estimate of drug-likeness (QED) is 0.800. The number of nitrogens with two attached hydrogens (primary N) is 1. The van der Waals surface area contributed by atoms with Gasteiger partial charge in [0.15, 0.2) is 0 Å². The van der Waals surface area contributed by atoms with E-state index >= 15 is 0 Å². The Morgan fingerprint density at radius 1 is 1.77 bits per heavy atom. The van der Waals surface area contributed by atoms with Crippen molar-refractivity contribution in [2.24, 2.45) is 5.73 Å². The van der Waals surface area contributed by atoms with Crippen molar-refractivity contribution in [3.63, 3.8) is 0 Å². The summed E-state index contributed by atoms with van der Waals surface area (Å²) in [6.45, 7) is 3.26. The van der Waals surface area contributed by atoms with E-state index in [2.05, 4.69) is 0 Å². The van der Waals surface area contributed by atoms with Gasteiger partial charge in [0.1, 0.15) is 5.54 Å². The number of halogens is 1. The van der Waals surface area contributed by atoms with Crippen LogP contribution in [0.5, 0.6) is 0 Å². The number of thiophene rings is 1. The number of carbonyl (C=O) groups is 1. The maximum Gasteiger partial charge on any atom is 0.328 e. The third-order valence-corrected chi connectivity index (χ3v) is 3.75. The Kier molecular flexibility index (Phi) is 2.66. The van der Waals surface area contributed by atoms with Gasteiger partial charge in [-0.15, -0.1) is 11.3 Å². The Bertz CT molecular complexity index is 346.